The number of halogens is 1. The first-order chi connectivity index (χ1) is 16.5. The van der Waals surface area contributed by atoms with Crippen LogP contribution < -0.4 is 10.9 Å². The molecule has 0 radical (unpaired) electrons. The van der Waals surface area contributed by atoms with Crippen molar-refractivity contribution in [3.05, 3.63) is 75.6 Å². The molecule has 0 unspecified atom stereocenters. The summed E-state index contributed by atoms with van der Waals surface area (Å²) in [5.41, 5.74) is 4.52. The zero-order valence-corrected chi connectivity index (χ0v) is 20.1. The smallest absolute Gasteiger partial charge is 0.260 e. The van der Waals surface area contributed by atoms with Gasteiger partial charge in [0.05, 0.1) is 5.69 Å². The summed E-state index contributed by atoms with van der Waals surface area (Å²) >= 11 is 6.73. The number of pyridine rings is 2. The minimum absolute atomic E-state index is 0.0935. The van der Waals surface area contributed by atoms with Gasteiger partial charge in [0, 0.05) is 78.3 Å². The molecule has 1 N–H and O–H groups in total. The molecule has 1 fully saturated rings. The summed E-state index contributed by atoms with van der Waals surface area (Å²) in [6.45, 7) is 9.02. The predicted octanol–water partition coefficient (Wildman–Crippen LogP) is 3.70. The van der Waals surface area contributed by atoms with Gasteiger partial charge in [-0.25, -0.2) is 9.97 Å². The topological polar surface area (TPSA) is 75.9 Å². The highest BCUT2D eigenvalue weighted by atomic mass is 35.5. The van der Waals surface area contributed by atoms with Crippen LogP contribution in [0.15, 0.2) is 53.5 Å². The van der Waals surface area contributed by atoms with E-state index in [-0.39, 0.29) is 5.56 Å². The molecule has 0 atom stereocenters. The van der Waals surface area contributed by atoms with Gasteiger partial charge in [0.25, 0.3) is 5.56 Å². The van der Waals surface area contributed by atoms with Gasteiger partial charge in [-0.15, -0.1) is 0 Å². The number of nitrogens with one attached hydrogen (secondary N) is 1. The van der Waals surface area contributed by atoms with Crippen molar-refractivity contribution in [2.24, 2.45) is 0 Å². The number of rotatable bonds is 5. The van der Waals surface area contributed by atoms with Crippen LogP contribution in [-0.2, 0) is 6.54 Å². The van der Waals surface area contributed by atoms with E-state index in [2.05, 4.69) is 25.2 Å². The molecule has 0 spiro atoms. The lowest BCUT2D eigenvalue weighted by atomic mass is 10.0. The third-order valence-corrected chi connectivity index (χ3v) is 6.55. The maximum absolute atomic E-state index is 13.7. The van der Waals surface area contributed by atoms with Crippen molar-refractivity contribution in [2.75, 3.05) is 32.7 Å². The average molecular weight is 475 g/mol. The first-order valence-electron chi connectivity index (χ1n) is 11.5. The summed E-state index contributed by atoms with van der Waals surface area (Å²) in [5, 5.41) is 4.70. The summed E-state index contributed by atoms with van der Waals surface area (Å²) < 4.78 is 1.77. The number of piperazine rings is 1. The fourth-order valence-electron chi connectivity index (χ4n) is 4.42. The minimum atomic E-state index is -0.0935. The van der Waals surface area contributed by atoms with Crippen molar-refractivity contribution in [3.8, 4) is 22.4 Å². The number of fused-ring (bicyclic) bond motifs is 1. The Labute approximate surface area is 203 Å². The van der Waals surface area contributed by atoms with Gasteiger partial charge in [0.15, 0.2) is 0 Å². The highest BCUT2D eigenvalue weighted by Gasteiger charge is 2.17. The lowest BCUT2D eigenvalue weighted by Crippen LogP contribution is -2.45. The Bertz CT molecular complexity index is 1410. The van der Waals surface area contributed by atoms with Gasteiger partial charge < -0.3 is 5.32 Å². The van der Waals surface area contributed by atoms with Crippen molar-refractivity contribution in [1.29, 1.82) is 0 Å². The number of hydrogen-bond donors (Lipinski definition) is 1. The van der Waals surface area contributed by atoms with Crippen LogP contribution in [0.1, 0.15) is 11.5 Å². The molecule has 8 heteroatoms. The number of benzene rings is 1. The number of nitrogens with zero attached hydrogens (tertiary/aromatic N) is 5. The Morgan fingerprint density at radius 1 is 1.00 bits per heavy atom. The van der Waals surface area contributed by atoms with Gasteiger partial charge in [0.2, 0.25) is 0 Å². The Balaban J connectivity index is 1.57. The fourth-order valence-corrected chi connectivity index (χ4v) is 4.70. The largest absolute Gasteiger partial charge is 0.314 e. The molecule has 174 valence electrons. The molecule has 0 aliphatic carbocycles. The van der Waals surface area contributed by atoms with E-state index < -0.39 is 0 Å². The third-order valence-electron chi connectivity index (χ3n) is 6.24. The minimum Gasteiger partial charge on any atom is -0.314 e. The molecule has 1 aliphatic heterocycles. The van der Waals surface area contributed by atoms with E-state index in [1.165, 1.54) is 0 Å². The predicted molar refractivity (Wildman–Crippen MR) is 136 cm³/mol. The van der Waals surface area contributed by atoms with Crippen LogP contribution in [0.4, 0.5) is 0 Å². The molecule has 4 heterocycles. The summed E-state index contributed by atoms with van der Waals surface area (Å²) in [5.74, 6) is 0.642. The van der Waals surface area contributed by atoms with Crippen molar-refractivity contribution < 1.29 is 0 Å². The SMILES string of the molecule is Cc1cccc(-c2ccc(-c3cc4cnc(C)nc4n(CCN4CCNCC4)c3=O)c(Cl)c2)n1. The highest BCUT2D eigenvalue weighted by Crippen LogP contribution is 2.31. The molecular weight excluding hydrogens is 448 g/mol. The molecular formula is C26H27ClN6O. The van der Waals surface area contributed by atoms with Crippen molar-refractivity contribution in [1.82, 2.24) is 29.7 Å². The normalized spacial score (nSPS) is 14.6. The van der Waals surface area contributed by atoms with Gasteiger partial charge in [-0.05, 0) is 38.1 Å². The fraction of sp³-hybridized carbons (Fsp3) is 0.308. The first-order valence-corrected chi connectivity index (χ1v) is 11.9. The van der Waals surface area contributed by atoms with Crippen molar-refractivity contribution in [2.45, 2.75) is 20.4 Å². The maximum atomic E-state index is 13.7. The van der Waals surface area contributed by atoms with Crippen molar-refractivity contribution in [3.63, 3.8) is 0 Å². The average Bonchev–Trinajstić information content (AvgIpc) is 2.84. The Morgan fingerprint density at radius 2 is 1.82 bits per heavy atom. The second-order valence-corrected chi connectivity index (χ2v) is 9.07. The van der Waals surface area contributed by atoms with Gasteiger partial charge >= 0.3 is 0 Å². The summed E-state index contributed by atoms with van der Waals surface area (Å²) in [6, 6.07) is 13.5. The summed E-state index contributed by atoms with van der Waals surface area (Å²) in [7, 11) is 0. The Morgan fingerprint density at radius 3 is 2.59 bits per heavy atom. The van der Waals surface area contributed by atoms with Crippen LogP contribution in [0.25, 0.3) is 33.4 Å². The molecule has 1 saturated heterocycles. The van der Waals surface area contributed by atoms with Crippen LogP contribution in [0, 0.1) is 13.8 Å². The second kappa shape index (κ2) is 9.62. The van der Waals surface area contributed by atoms with Gasteiger partial charge in [-0.3, -0.25) is 19.2 Å². The molecule has 5 rings (SSSR count). The van der Waals surface area contributed by atoms with Crippen LogP contribution in [0.3, 0.4) is 0 Å². The summed E-state index contributed by atoms with van der Waals surface area (Å²) in [6.07, 6.45) is 1.78. The maximum Gasteiger partial charge on any atom is 0.260 e. The lowest BCUT2D eigenvalue weighted by Gasteiger charge is -2.27. The van der Waals surface area contributed by atoms with E-state index in [0.29, 0.717) is 34.2 Å². The molecule has 1 aromatic carbocycles. The molecule has 34 heavy (non-hydrogen) atoms. The van der Waals surface area contributed by atoms with Crippen LogP contribution in [-0.4, -0.2) is 57.1 Å². The van der Waals surface area contributed by atoms with Gasteiger partial charge in [0.1, 0.15) is 11.5 Å². The van der Waals surface area contributed by atoms with E-state index >= 15 is 0 Å². The molecule has 0 bridgehead atoms. The number of aryl methyl sites for hydroxylation is 2. The van der Waals surface area contributed by atoms with Gasteiger partial charge in [-0.1, -0.05) is 29.8 Å². The molecule has 0 amide bonds. The second-order valence-electron chi connectivity index (χ2n) is 8.66. The van der Waals surface area contributed by atoms with E-state index in [0.717, 1.165) is 55.1 Å². The zero-order chi connectivity index (χ0) is 23.7. The third kappa shape index (κ3) is 4.59. The monoisotopic (exact) mass is 474 g/mol. The molecule has 7 nitrogen and oxygen atoms in total. The lowest BCUT2D eigenvalue weighted by molar-refractivity contribution is 0.232. The molecule has 3 aromatic heterocycles. The molecule has 4 aromatic rings. The molecule has 0 saturated carbocycles. The van der Waals surface area contributed by atoms with E-state index in [9.17, 15) is 4.79 Å². The quantitative estimate of drug-likeness (QED) is 0.475. The zero-order valence-electron chi connectivity index (χ0n) is 19.4. The standard InChI is InChI=1S/C26H27ClN6O/c1-17-4-3-5-24(30-17)19-6-7-21(23(27)15-19)22-14-20-16-29-18(2)31-25(20)33(26(22)34)13-12-32-10-8-28-9-11-32/h3-7,14-16,28H,8-13H2,1-2H3. The Kier molecular flexibility index (Phi) is 6.41. The van der Waals surface area contributed by atoms with Gasteiger partial charge in [-0.2, -0.15) is 0 Å². The van der Waals surface area contributed by atoms with E-state index in [4.69, 9.17) is 11.6 Å². The first kappa shape index (κ1) is 22.7. The molecule has 1 aliphatic rings. The number of aromatic nitrogens is 4. The van der Waals surface area contributed by atoms with E-state index in [1.807, 2.05) is 56.3 Å². The van der Waals surface area contributed by atoms with E-state index in [1.54, 1.807) is 10.8 Å². The van der Waals surface area contributed by atoms with Crippen LogP contribution in [0.5, 0.6) is 0 Å². The van der Waals surface area contributed by atoms with Crippen LogP contribution in [0.2, 0.25) is 5.02 Å². The highest BCUT2D eigenvalue weighted by molar-refractivity contribution is 6.33. The Hall–Kier alpha value is -3.13. The number of hydrogen-bond acceptors (Lipinski definition) is 6. The summed E-state index contributed by atoms with van der Waals surface area (Å²) in [4.78, 5) is 29.6. The van der Waals surface area contributed by atoms with Crippen LogP contribution >= 0.6 is 11.6 Å². The van der Waals surface area contributed by atoms with Crippen molar-refractivity contribution >= 4 is 22.6 Å².